The standard InChI is InChI=1S/C16H20N4O/c1-3-8-17-10-13-5-4-6-15-14(13)7-9-20(15)11-16-18-12(2)19-21-16/h4-7,9,17H,3,8,10-11H2,1-2H3. The quantitative estimate of drug-likeness (QED) is 0.707. The number of aromatic nitrogens is 3. The molecule has 5 heteroatoms. The first-order valence-electron chi connectivity index (χ1n) is 7.34. The lowest BCUT2D eigenvalue weighted by Gasteiger charge is -2.06. The van der Waals surface area contributed by atoms with E-state index in [2.05, 4.69) is 57.4 Å². The summed E-state index contributed by atoms with van der Waals surface area (Å²) in [6.45, 7) is 6.55. The fraction of sp³-hybridized carbons (Fsp3) is 0.375. The van der Waals surface area contributed by atoms with E-state index >= 15 is 0 Å². The molecule has 0 aliphatic carbocycles. The maximum atomic E-state index is 5.20. The molecule has 2 heterocycles. The van der Waals surface area contributed by atoms with Crippen LogP contribution in [0.3, 0.4) is 0 Å². The van der Waals surface area contributed by atoms with Crippen molar-refractivity contribution in [3.63, 3.8) is 0 Å². The van der Waals surface area contributed by atoms with Gasteiger partial charge < -0.3 is 14.4 Å². The normalized spacial score (nSPS) is 11.3. The number of hydrogen-bond acceptors (Lipinski definition) is 4. The minimum Gasteiger partial charge on any atom is -0.338 e. The largest absolute Gasteiger partial charge is 0.338 e. The van der Waals surface area contributed by atoms with Gasteiger partial charge in [-0.15, -0.1) is 0 Å². The molecular formula is C16H20N4O. The molecular weight excluding hydrogens is 264 g/mol. The summed E-state index contributed by atoms with van der Waals surface area (Å²) in [5.74, 6) is 1.31. The van der Waals surface area contributed by atoms with E-state index in [9.17, 15) is 0 Å². The zero-order chi connectivity index (χ0) is 14.7. The molecule has 0 aliphatic heterocycles. The van der Waals surface area contributed by atoms with Crippen LogP contribution in [-0.4, -0.2) is 21.3 Å². The van der Waals surface area contributed by atoms with Crippen LogP contribution in [0.1, 0.15) is 30.6 Å². The molecule has 0 bridgehead atoms. The second-order valence-corrected chi connectivity index (χ2v) is 5.21. The van der Waals surface area contributed by atoms with Gasteiger partial charge in [0.25, 0.3) is 0 Å². The van der Waals surface area contributed by atoms with Crippen LogP contribution in [-0.2, 0) is 13.1 Å². The van der Waals surface area contributed by atoms with E-state index in [1.807, 2.05) is 6.92 Å². The predicted molar refractivity (Wildman–Crippen MR) is 82.1 cm³/mol. The van der Waals surface area contributed by atoms with E-state index in [-0.39, 0.29) is 0 Å². The van der Waals surface area contributed by atoms with Crippen molar-refractivity contribution in [3.8, 4) is 0 Å². The summed E-state index contributed by atoms with van der Waals surface area (Å²) in [7, 11) is 0. The fourth-order valence-electron chi connectivity index (χ4n) is 2.53. The first-order chi connectivity index (χ1) is 10.3. The average Bonchev–Trinajstić information content (AvgIpc) is 3.07. The van der Waals surface area contributed by atoms with Crippen molar-refractivity contribution >= 4 is 10.9 Å². The van der Waals surface area contributed by atoms with Gasteiger partial charge in [0.05, 0.1) is 0 Å². The number of nitrogens with one attached hydrogen (secondary N) is 1. The Morgan fingerprint density at radius 1 is 1.29 bits per heavy atom. The summed E-state index contributed by atoms with van der Waals surface area (Å²) >= 11 is 0. The van der Waals surface area contributed by atoms with Crippen LogP contribution < -0.4 is 5.32 Å². The molecule has 0 atom stereocenters. The fourth-order valence-corrected chi connectivity index (χ4v) is 2.53. The zero-order valence-electron chi connectivity index (χ0n) is 12.5. The second-order valence-electron chi connectivity index (χ2n) is 5.21. The van der Waals surface area contributed by atoms with Crippen molar-refractivity contribution in [1.82, 2.24) is 20.0 Å². The summed E-state index contributed by atoms with van der Waals surface area (Å²) in [6.07, 6.45) is 3.22. The average molecular weight is 284 g/mol. The molecule has 110 valence electrons. The highest BCUT2D eigenvalue weighted by Gasteiger charge is 2.08. The number of aryl methyl sites for hydroxylation is 1. The number of nitrogens with zero attached hydrogens (tertiary/aromatic N) is 3. The van der Waals surface area contributed by atoms with Crippen LogP contribution >= 0.6 is 0 Å². The number of fused-ring (bicyclic) bond motifs is 1. The molecule has 3 aromatic rings. The summed E-state index contributed by atoms with van der Waals surface area (Å²) < 4.78 is 7.35. The monoisotopic (exact) mass is 284 g/mol. The molecule has 1 aromatic carbocycles. The van der Waals surface area contributed by atoms with E-state index in [1.165, 1.54) is 16.5 Å². The first-order valence-corrected chi connectivity index (χ1v) is 7.34. The molecule has 0 unspecified atom stereocenters. The van der Waals surface area contributed by atoms with E-state index in [0.29, 0.717) is 18.3 Å². The molecule has 0 spiro atoms. The predicted octanol–water partition coefficient (Wildman–Crippen LogP) is 2.88. The van der Waals surface area contributed by atoms with Crippen molar-refractivity contribution in [2.75, 3.05) is 6.54 Å². The molecule has 0 fully saturated rings. The van der Waals surface area contributed by atoms with Gasteiger partial charge in [0.1, 0.15) is 6.54 Å². The molecule has 3 rings (SSSR count). The number of benzene rings is 1. The summed E-state index contributed by atoms with van der Waals surface area (Å²) in [5, 5.41) is 8.57. The summed E-state index contributed by atoms with van der Waals surface area (Å²) in [5.41, 5.74) is 2.52. The lowest BCUT2D eigenvalue weighted by atomic mass is 10.1. The molecule has 0 amide bonds. The van der Waals surface area contributed by atoms with Gasteiger partial charge in [0.2, 0.25) is 5.89 Å². The van der Waals surface area contributed by atoms with Crippen molar-refractivity contribution in [1.29, 1.82) is 0 Å². The first kappa shape index (κ1) is 13.8. The van der Waals surface area contributed by atoms with Gasteiger partial charge >= 0.3 is 0 Å². The summed E-state index contributed by atoms with van der Waals surface area (Å²) in [4.78, 5) is 4.26. The lowest BCUT2D eigenvalue weighted by molar-refractivity contribution is 0.369. The van der Waals surface area contributed by atoms with Gasteiger partial charge in [-0.2, -0.15) is 4.98 Å². The Kier molecular flexibility index (Phi) is 4.01. The number of rotatable bonds is 6. The Morgan fingerprint density at radius 3 is 2.95 bits per heavy atom. The highest BCUT2D eigenvalue weighted by molar-refractivity contribution is 5.83. The zero-order valence-corrected chi connectivity index (χ0v) is 12.5. The van der Waals surface area contributed by atoms with Crippen molar-refractivity contribution < 1.29 is 4.52 Å². The van der Waals surface area contributed by atoms with E-state index < -0.39 is 0 Å². The Labute approximate surface area is 124 Å². The third kappa shape index (κ3) is 2.97. The van der Waals surface area contributed by atoms with Crippen molar-refractivity contribution in [3.05, 3.63) is 47.7 Å². The minimum atomic E-state index is 0.607. The molecule has 0 saturated heterocycles. The van der Waals surface area contributed by atoms with Gasteiger partial charge in [-0.3, -0.25) is 0 Å². The Bertz CT molecular complexity index is 729. The van der Waals surface area contributed by atoms with Crippen LogP contribution in [0.25, 0.3) is 10.9 Å². The third-order valence-electron chi connectivity index (χ3n) is 3.52. The SMILES string of the molecule is CCCNCc1cccc2c1ccn2Cc1nc(C)no1. The van der Waals surface area contributed by atoms with Gasteiger partial charge in [0.15, 0.2) is 5.82 Å². The van der Waals surface area contributed by atoms with Gasteiger partial charge in [-0.1, -0.05) is 24.2 Å². The van der Waals surface area contributed by atoms with Crippen LogP contribution in [0.15, 0.2) is 35.0 Å². The van der Waals surface area contributed by atoms with Crippen molar-refractivity contribution in [2.45, 2.75) is 33.4 Å². The van der Waals surface area contributed by atoms with E-state index in [1.54, 1.807) is 0 Å². The molecule has 2 aromatic heterocycles. The Balaban J connectivity index is 1.86. The van der Waals surface area contributed by atoms with Gasteiger partial charge in [0, 0.05) is 23.6 Å². The molecule has 1 N–H and O–H groups in total. The molecule has 0 saturated carbocycles. The molecule has 5 nitrogen and oxygen atoms in total. The van der Waals surface area contributed by atoms with E-state index in [0.717, 1.165) is 19.5 Å². The Morgan fingerprint density at radius 2 is 2.19 bits per heavy atom. The van der Waals surface area contributed by atoms with Crippen LogP contribution in [0, 0.1) is 6.92 Å². The van der Waals surface area contributed by atoms with Crippen LogP contribution in [0.4, 0.5) is 0 Å². The summed E-state index contributed by atoms with van der Waals surface area (Å²) in [6, 6.07) is 8.55. The van der Waals surface area contributed by atoms with Crippen LogP contribution in [0.2, 0.25) is 0 Å². The third-order valence-corrected chi connectivity index (χ3v) is 3.52. The topological polar surface area (TPSA) is 55.9 Å². The van der Waals surface area contributed by atoms with Crippen LogP contribution in [0.5, 0.6) is 0 Å². The molecule has 21 heavy (non-hydrogen) atoms. The maximum Gasteiger partial charge on any atom is 0.246 e. The molecule has 0 radical (unpaired) electrons. The van der Waals surface area contributed by atoms with Gasteiger partial charge in [-0.05, 0) is 37.6 Å². The lowest BCUT2D eigenvalue weighted by Crippen LogP contribution is -2.13. The molecule has 0 aliphatic rings. The number of hydrogen-bond donors (Lipinski definition) is 1. The second kappa shape index (κ2) is 6.10. The highest BCUT2D eigenvalue weighted by Crippen LogP contribution is 2.21. The van der Waals surface area contributed by atoms with E-state index in [4.69, 9.17) is 4.52 Å². The maximum absolute atomic E-state index is 5.20. The smallest absolute Gasteiger partial charge is 0.246 e. The highest BCUT2D eigenvalue weighted by atomic mass is 16.5. The van der Waals surface area contributed by atoms with Gasteiger partial charge in [-0.25, -0.2) is 0 Å². The van der Waals surface area contributed by atoms with Crippen molar-refractivity contribution in [2.24, 2.45) is 0 Å². The Hall–Kier alpha value is -2.14. The minimum absolute atomic E-state index is 0.607.